The van der Waals surface area contributed by atoms with Crippen molar-refractivity contribution in [2.45, 2.75) is 63.6 Å². The predicted molar refractivity (Wildman–Crippen MR) is 140 cm³/mol. The average molecular weight is 536 g/mol. The smallest absolute Gasteiger partial charge is 0.480 e. The largest absolute Gasteiger partial charge is 1.00 e. The van der Waals surface area contributed by atoms with Crippen LogP contribution in [-0.2, 0) is 14.4 Å². The molecule has 0 saturated heterocycles. The fourth-order valence-corrected chi connectivity index (χ4v) is 1.20. The van der Waals surface area contributed by atoms with E-state index in [1.807, 2.05) is 6.07 Å². The number of nitrogens with zero attached hydrogens (tertiary/aromatic N) is 2. The number of aliphatic carboxylic acids is 3. The summed E-state index contributed by atoms with van der Waals surface area (Å²) in [5.74, 6) is -3.19. The van der Waals surface area contributed by atoms with E-state index in [1.165, 1.54) is 6.92 Å². The van der Waals surface area contributed by atoms with E-state index < -0.39 is 57.3 Å². The Kier molecular flexibility index (Phi) is 25.9. The molecular formula is C18H42B2N9NaO6. The maximum atomic E-state index is 10.3. The molecule has 0 aliphatic carbocycles. The Hall–Kier alpha value is -2.19. The van der Waals surface area contributed by atoms with E-state index in [0.717, 1.165) is 0 Å². The van der Waals surface area contributed by atoms with Crippen molar-refractivity contribution in [1.29, 1.82) is 16.0 Å². The third-order valence-corrected chi connectivity index (χ3v) is 2.89. The van der Waals surface area contributed by atoms with E-state index >= 15 is 0 Å². The number of carboxylic acids is 3. The van der Waals surface area contributed by atoms with E-state index in [2.05, 4.69) is 4.99 Å². The number of hydrogen-bond donors (Lipinski definition) is 10. The van der Waals surface area contributed by atoms with Crippen LogP contribution in [0.1, 0.15) is 50.9 Å². The first-order chi connectivity index (χ1) is 19.0. The molecule has 0 aromatic heterocycles. The molecule has 0 aliphatic rings. The third-order valence-electron chi connectivity index (χ3n) is 2.89. The standard InChI is InChI=1S/C6H12BN3O2.C5H12N2O2.C5H8N2O2.C2H6N2.BH4.Na/c7-6(9)10-3-1-2-4(8)5(11)12;2*6-3-1-2-4(7)5(8)9;1-2(3)4;;/h4H,1-3,8H2,(H2,9,10)(H,11,12);4H,1-3,6-7H2,(H,8,9);4H,1-2,7H2,(H,8,9);1H3,(H3,3,4);1H4;/q;;;;-1;+1/t3*4-;;;/m000.../s1/i2*3+1D2;3+1;;1D4;. The number of nitrogens with one attached hydrogen (secondary N) is 1. The molecule has 202 valence electrons. The van der Waals surface area contributed by atoms with Gasteiger partial charge in [0, 0.05) is 21.4 Å². The van der Waals surface area contributed by atoms with Crippen molar-refractivity contribution in [2.75, 3.05) is 13.0 Å². The van der Waals surface area contributed by atoms with E-state index in [-0.39, 0.29) is 79.7 Å². The van der Waals surface area contributed by atoms with Gasteiger partial charge in [-0.3, -0.25) is 24.8 Å². The van der Waals surface area contributed by atoms with Gasteiger partial charge in [0.2, 0.25) is 0 Å². The third kappa shape index (κ3) is 49.1. The van der Waals surface area contributed by atoms with Crippen LogP contribution in [0.25, 0.3) is 0 Å². The van der Waals surface area contributed by atoms with Crippen LogP contribution in [0.2, 0.25) is 0 Å². The van der Waals surface area contributed by atoms with Gasteiger partial charge in [-0.05, 0) is 45.5 Å². The summed E-state index contributed by atoms with van der Waals surface area (Å²) in [6.07, 6.45) is 0.274. The van der Waals surface area contributed by atoms with Crippen molar-refractivity contribution < 1.29 is 64.7 Å². The number of nitrogens with two attached hydrogens (primary N) is 6. The van der Waals surface area contributed by atoms with Gasteiger partial charge in [-0.25, -0.2) is 5.34 Å². The van der Waals surface area contributed by atoms with Gasteiger partial charge < -0.3 is 49.7 Å². The molecular weight excluding hydrogens is 486 g/mol. The fourth-order valence-electron chi connectivity index (χ4n) is 1.20. The van der Waals surface area contributed by atoms with Gasteiger partial charge in [0.05, 0.1) is 14.6 Å². The number of amidine groups is 2. The summed E-state index contributed by atoms with van der Waals surface area (Å²) in [7, 11) is 1.98. The zero-order chi connectivity index (χ0) is 35.8. The molecule has 2 radical (unpaired) electrons. The second-order valence-corrected chi connectivity index (χ2v) is 6.19. The average Bonchev–Trinajstić information content (AvgIpc) is 2.77. The first-order valence-electron chi connectivity index (χ1n) is 13.8. The van der Waals surface area contributed by atoms with E-state index in [0.29, 0.717) is 0 Å². The van der Waals surface area contributed by atoms with Crippen LogP contribution in [0.3, 0.4) is 0 Å². The van der Waals surface area contributed by atoms with Crippen LogP contribution in [0, 0.1) is 16.7 Å². The molecule has 0 fully saturated rings. The Morgan fingerprint density at radius 1 is 1.06 bits per heavy atom. The Balaban J connectivity index is -0.000000109. The fraction of sp³-hybridized carbons (Fsp3) is 0.667. The molecule has 0 aromatic rings. The van der Waals surface area contributed by atoms with Gasteiger partial charge in [0.25, 0.3) is 0 Å². The summed E-state index contributed by atoms with van der Waals surface area (Å²) in [5.41, 5.74) is 29.6. The molecule has 18 heteroatoms. The van der Waals surface area contributed by atoms with Crippen molar-refractivity contribution in [2.24, 2.45) is 39.4 Å². The molecule has 0 heterocycles. The molecule has 0 rings (SSSR count). The Bertz CT molecular complexity index is 900. The number of carboxylic acid groups (broad SMARTS) is 3. The number of nitriles is 1. The molecule has 0 bridgehead atoms. The Morgan fingerprint density at radius 2 is 1.39 bits per heavy atom. The second kappa shape index (κ2) is 32.8. The summed E-state index contributed by atoms with van der Waals surface area (Å²) in [6, 6.07) is -1.19. The van der Waals surface area contributed by atoms with Crippen molar-refractivity contribution >= 4 is 45.6 Å². The predicted octanol–water partition coefficient (Wildman–Crippen LogP) is -7.00. The molecule has 16 N–H and O–H groups in total. The van der Waals surface area contributed by atoms with Crippen molar-refractivity contribution in [1.82, 2.24) is 0 Å². The number of rotatable bonds is 12. The zero-order valence-corrected chi connectivity index (χ0v) is 22.6. The van der Waals surface area contributed by atoms with E-state index in [9.17, 15) is 14.4 Å². The Labute approximate surface area is 248 Å². The molecule has 36 heavy (non-hydrogen) atoms. The number of aliphatic imine (C=N–C) groups is 1. The molecule has 0 aromatic carbocycles. The minimum absolute atomic E-state index is 0. The summed E-state index contributed by atoms with van der Waals surface area (Å²) in [5, 5.41) is 39.2. The van der Waals surface area contributed by atoms with Crippen LogP contribution in [0.5, 0.6) is 0 Å². The molecule has 0 amide bonds. The van der Waals surface area contributed by atoms with Gasteiger partial charge in [0.15, 0.2) is 7.85 Å². The zero-order valence-electron chi connectivity index (χ0n) is 28.6. The molecule has 0 spiro atoms. The van der Waals surface area contributed by atoms with Gasteiger partial charge >= 0.3 is 47.5 Å². The molecule has 15 nitrogen and oxygen atoms in total. The molecule has 3 atom stereocenters. The maximum Gasteiger partial charge on any atom is 1.00 e. The SMILES string of the molecule is CC(=N)N.N#[13C]CC[C@H](N)C(=O)O.[2H][13C]([2H])(CC[C@H](N)C(=O)O)N=C([B])N.[2H][13C]([2H])(N)CC[C@H](N)C(=O)O.[2H][B-]([2H])([2H])[2H].[Na+]. The number of hydrogen-bond acceptors (Lipinski definition) is 10. The minimum atomic E-state index is -3.00. The summed E-state index contributed by atoms with van der Waals surface area (Å²) >= 11 is 0. The normalized spacial score (nSPS) is 15.9. The molecule has 0 saturated carbocycles. The van der Waals surface area contributed by atoms with E-state index in [1.54, 1.807) is 0 Å². The second-order valence-electron chi connectivity index (χ2n) is 6.19. The monoisotopic (exact) mass is 536 g/mol. The van der Waals surface area contributed by atoms with Crippen LogP contribution in [-0.4, -0.2) is 97.4 Å². The van der Waals surface area contributed by atoms with Crippen LogP contribution < -0.4 is 64.0 Å². The van der Waals surface area contributed by atoms with Crippen LogP contribution in [0.4, 0.5) is 0 Å². The Morgan fingerprint density at radius 3 is 1.67 bits per heavy atom. The van der Waals surface area contributed by atoms with Crippen LogP contribution in [0.15, 0.2) is 4.99 Å². The molecule has 0 aliphatic heterocycles. The van der Waals surface area contributed by atoms with Crippen LogP contribution >= 0.6 is 0 Å². The topological polar surface area (TPSA) is 328 Å². The quantitative estimate of drug-likeness (QED) is 0.0480. The van der Waals surface area contributed by atoms with Crippen molar-refractivity contribution in [3.63, 3.8) is 0 Å². The van der Waals surface area contributed by atoms with Gasteiger partial charge in [-0.2, -0.15) is 5.26 Å². The first-order valence-corrected chi connectivity index (χ1v) is 9.51. The minimum Gasteiger partial charge on any atom is -0.480 e. The van der Waals surface area contributed by atoms with Gasteiger partial charge in [-0.15, -0.1) is 0 Å². The summed E-state index contributed by atoms with van der Waals surface area (Å²) in [4.78, 5) is 33.7. The summed E-state index contributed by atoms with van der Waals surface area (Å²) in [6.45, 7) is -2.26. The van der Waals surface area contributed by atoms with Gasteiger partial charge in [0.1, 0.15) is 18.1 Å². The molecule has 0 unspecified atom stereocenters. The van der Waals surface area contributed by atoms with Gasteiger partial charge in [-0.1, -0.05) is 8.27 Å². The number of carbonyl (C=O) groups is 3. The maximum absolute atomic E-state index is 10.3. The van der Waals surface area contributed by atoms with Crippen molar-refractivity contribution in [3.05, 3.63) is 0 Å². The summed E-state index contributed by atoms with van der Waals surface area (Å²) < 4.78 is 52.2. The van der Waals surface area contributed by atoms with E-state index in [4.69, 9.17) is 79.1 Å². The first kappa shape index (κ1) is 28.4. The van der Waals surface area contributed by atoms with Crippen molar-refractivity contribution in [3.8, 4) is 6.07 Å².